The molecule has 25 heavy (non-hydrogen) atoms. The highest BCUT2D eigenvalue weighted by atomic mass is 16.2. The topological polar surface area (TPSA) is 58.2 Å². The average Bonchev–Trinajstić information content (AvgIpc) is 3.54. The molecule has 0 unspecified atom stereocenters. The Morgan fingerprint density at radius 2 is 1.60 bits per heavy atom. The highest BCUT2D eigenvalue weighted by Crippen LogP contribution is 2.44. The molecule has 0 atom stereocenters. The van der Waals surface area contributed by atoms with Gasteiger partial charge in [0.15, 0.2) is 0 Å². The zero-order chi connectivity index (χ0) is 17.2. The summed E-state index contributed by atoms with van der Waals surface area (Å²) in [5, 5.41) is 6.26. The minimum Gasteiger partial charge on any atom is -0.349 e. The molecule has 1 aromatic carbocycles. The molecule has 3 saturated carbocycles. The van der Waals surface area contributed by atoms with E-state index in [0.717, 1.165) is 31.4 Å². The van der Waals surface area contributed by atoms with Crippen molar-refractivity contribution >= 4 is 17.5 Å². The molecule has 0 bridgehead atoms. The molecule has 4 nitrogen and oxygen atoms in total. The van der Waals surface area contributed by atoms with Gasteiger partial charge in [0.05, 0.1) is 0 Å². The number of amides is 2. The van der Waals surface area contributed by atoms with E-state index >= 15 is 0 Å². The normalized spacial score (nSPS) is 21.2. The van der Waals surface area contributed by atoms with Crippen molar-refractivity contribution in [3.05, 3.63) is 29.8 Å². The van der Waals surface area contributed by atoms with Gasteiger partial charge in [-0.15, -0.1) is 0 Å². The highest BCUT2D eigenvalue weighted by molar-refractivity contribution is 5.97. The van der Waals surface area contributed by atoms with Gasteiger partial charge in [-0.25, -0.2) is 0 Å². The molecule has 0 aliphatic heterocycles. The third kappa shape index (κ3) is 4.23. The van der Waals surface area contributed by atoms with Crippen LogP contribution in [0.2, 0.25) is 0 Å². The number of hydrogen-bond donors (Lipinski definition) is 2. The smallest absolute Gasteiger partial charge is 0.251 e. The Labute approximate surface area is 149 Å². The standard InChI is InChI=1S/C21H28N2O2/c24-20(16-5-2-1-3-6-16)22-18-8-4-7-17(13-18)21(25)23-19(14-9-10-14)15-11-12-15/h4,7-8,13-16,19H,1-3,5-6,9-12H2,(H,22,24)(H,23,25). The lowest BCUT2D eigenvalue weighted by molar-refractivity contribution is -0.120. The molecule has 0 saturated heterocycles. The van der Waals surface area contributed by atoms with E-state index in [4.69, 9.17) is 0 Å². The lowest BCUT2D eigenvalue weighted by atomic mass is 9.88. The monoisotopic (exact) mass is 340 g/mol. The van der Waals surface area contributed by atoms with Crippen molar-refractivity contribution in [1.29, 1.82) is 0 Å². The summed E-state index contributed by atoms with van der Waals surface area (Å²) in [5.41, 5.74) is 1.38. The van der Waals surface area contributed by atoms with E-state index in [0.29, 0.717) is 23.4 Å². The summed E-state index contributed by atoms with van der Waals surface area (Å²) >= 11 is 0. The van der Waals surface area contributed by atoms with E-state index in [1.165, 1.54) is 32.1 Å². The van der Waals surface area contributed by atoms with Crippen molar-refractivity contribution in [3.63, 3.8) is 0 Å². The van der Waals surface area contributed by atoms with Crippen molar-refractivity contribution in [1.82, 2.24) is 5.32 Å². The molecule has 0 aromatic heterocycles. The maximum absolute atomic E-state index is 12.6. The Kier molecular flexibility index (Phi) is 4.78. The maximum Gasteiger partial charge on any atom is 0.251 e. The minimum atomic E-state index is -0.00225. The van der Waals surface area contributed by atoms with Crippen molar-refractivity contribution in [2.75, 3.05) is 5.32 Å². The molecule has 2 amide bonds. The van der Waals surface area contributed by atoms with Crippen LogP contribution < -0.4 is 10.6 Å². The van der Waals surface area contributed by atoms with Gasteiger partial charge in [-0.3, -0.25) is 9.59 Å². The van der Waals surface area contributed by atoms with Crippen molar-refractivity contribution < 1.29 is 9.59 Å². The lowest BCUT2D eigenvalue weighted by Gasteiger charge is -2.21. The molecule has 0 heterocycles. The summed E-state index contributed by atoms with van der Waals surface area (Å²) in [4.78, 5) is 25.0. The third-order valence-corrected chi connectivity index (χ3v) is 5.93. The predicted octanol–water partition coefficient (Wildman–Crippen LogP) is 4.12. The molecule has 3 aliphatic rings. The first kappa shape index (κ1) is 16.6. The fraction of sp³-hybridized carbons (Fsp3) is 0.619. The number of hydrogen-bond acceptors (Lipinski definition) is 2. The fourth-order valence-corrected chi connectivity index (χ4v) is 4.11. The maximum atomic E-state index is 12.6. The zero-order valence-corrected chi connectivity index (χ0v) is 14.8. The van der Waals surface area contributed by atoms with Gasteiger partial charge < -0.3 is 10.6 Å². The number of rotatable bonds is 6. The Morgan fingerprint density at radius 3 is 2.24 bits per heavy atom. The van der Waals surface area contributed by atoms with E-state index in [9.17, 15) is 9.59 Å². The summed E-state index contributed by atoms with van der Waals surface area (Å²) in [5.74, 6) is 1.60. The van der Waals surface area contributed by atoms with Crippen molar-refractivity contribution in [2.24, 2.45) is 17.8 Å². The minimum absolute atomic E-state index is 0.00225. The number of nitrogens with one attached hydrogen (secondary N) is 2. The molecule has 1 aromatic rings. The average molecular weight is 340 g/mol. The van der Waals surface area contributed by atoms with Crippen LogP contribution in [0.4, 0.5) is 5.69 Å². The first-order valence-electron chi connectivity index (χ1n) is 9.92. The number of anilines is 1. The molecule has 3 aliphatic carbocycles. The highest BCUT2D eigenvalue weighted by Gasteiger charge is 2.42. The van der Waals surface area contributed by atoms with Crippen LogP contribution in [0.15, 0.2) is 24.3 Å². The van der Waals surface area contributed by atoms with Gasteiger partial charge in [-0.05, 0) is 68.6 Å². The Bertz CT molecular complexity index is 631. The summed E-state index contributed by atoms with van der Waals surface area (Å²) in [7, 11) is 0. The Hall–Kier alpha value is -1.84. The van der Waals surface area contributed by atoms with Crippen LogP contribution in [0.25, 0.3) is 0 Å². The SMILES string of the molecule is O=C(NC(C1CC1)C1CC1)c1cccc(NC(=O)C2CCCCC2)c1. The second-order valence-corrected chi connectivity index (χ2v) is 8.08. The molecule has 4 heteroatoms. The van der Waals surface area contributed by atoms with Crippen LogP contribution in [0.3, 0.4) is 0 Å². The van der Waals surface area contributed by atoms with Gasteiger partial charge in [0.25, 0.3) is 5.91 Å². The van der Waals surface area contributed by atoms with Crippen LogP contribution >= 0.6 is 0 Å². The summed E-state index contributed by atoms with van der Waals surface area (Å²) in [6.45, 7) is 0. The number of carbonyl (C=O) groups is 2. The van der Waals surface area contributed by atoms with Gasteiger partial charge in [0.2, 0.25) is 5.91 Å². The van der Waals surface area contributed by atoms with Crippen LogP contribution in [0.5, 0.6) is 0 Å². The van der Waals surface area contributed by atoms with Crippen LogP contribution in [0.1, 0.15) is 68.1 Å². The van der Waals surface area contributed by atoms with Gasteiger partial charge >= 0.3 is 0 Å². The second kappa shape index (κ2) is 7.19. The summed E-state index contributed by atoms with van der Waals surface area (Å²) in [6.07, 6.45) is 10.5. The van der Waals surface area contributed by atoms with Gasteiger partial charge in [0.1, 0.15) is 0 Å². The van der Waals surface area contributed by atoms with E-state index in [-0.39, 0.29) is 17.7 Å². The van der Waals surface area contributed by atoms with Gasteiger partial charge in [-0.1, -0.05) is 25.3 Å². The fourth-order valence-electron chi connectivity index (χ4n) is 4.11. The van der Waals surface area contributed by atoms with Crippen molar-refractivity contribution in [2.45, 2.75) is 63.8 Å². The molecule has 0 radical (unpaired) electrons. The zero-order valence-electron chi connectivity index (χ0n) is 14.8. The molecule has 134 valence electrons. The Morgan fingerprint density at radius 1 is 0.920 bits per heavy atom. The molecule has 0 spiro atoms. The summed E-state index contributed by atoms with van der Waals surface area (Å²) < 4.78 is 0. The number of carbonyl (C=O) groups excluding carboxylic acids is 2. The molecular formula is C21H28N2O2. The Balaban J connectivity index is 1.38. The lowest BCUT2D eigenvalue weighted by Crippen LogP contribution is -2.38. The summed E-state index contributed by atoms with van der Waals surface area (Å²) in [6, 6.07) is 7.73. The number of benzene rings is 1. The quantitative estimate of drug-likeness (QED) is 0.818. The second-order valence-electron chi connectivity index (χ2n) is 8.08. The molecule has 2 N–H and O–H groups in total. The first-order chi connectivity index (χ1) is 12.2. The van der Waals surface area contributed by atoms with Gasteiger partial charge in [0, 0.05) is 23.2 Å². The first-order valence-corrected chi connectivity index (χ1v) is 9.92. The molecule has 3 fully saturated rings. The van der Waals surface area contributed by atoms with Crippen LogP contribution in [-0.2, 0) is 4.79 Å². The largest absolute Gasteiger partial charge is 0.349 e. The van der Waals surface area contributed by atoms with Crippen LogP contribution in [-0.4, -0.2) is 17.9 Å². The molecular weight excluding hydrogens is 312 g/mol. The van der Waals surface area contributed by atoms with E-state index in [1.807, 2.05) is 24.3 Å². The van der Waals surface area contributed by atoms with E-state index in [1.54, 1.807) is 0 Å². The predicted molar refractivity (Wildman–Crippen MR) is 98.3 cm³/mol. The van der Waals surface area contributed by atoms with Crippen molar-refractivity contribution in [3.8, 4) is 0 Å². The third-order valence-electron chi connectivity index (χ3n) is 5.93. The van der Waals surface area contributed by atoms with E-state index in [2.05, 4.69) is 10.6 Å². The van der Waals surface area contributed by atoms with Gasteiger partial charge in [-0.2, -0.15) is 0 Å². The van der Waals surface area contributed by atoms with E-state index < -0.39 is 0 Å². The molecule has 4 rings (SSSR count). The van der Waals surface area contributed by atoms with Crippen LogP contribution in [0, 0.1) is 17.8 Å².